The van der Waals surface area contributed by atoms with Crippen molar-refractivity contribution in [1.29, 1.82) is 0 Å². The number of nitrogens with one attached hydrogen (secondary N) is 1. The number of piperidine rings is 1. The molecule has 15 heavy (non-hydrogen) atoms. The Morgan fingerprint density at radius 3 is 3.27 bits per heavy atom. The number of nitrogens with zero attached hydrogens (tertiary/aromatic N) is 1. The first-order valence-corrected chi connectivity index (χ1v) is 5.76. The molecule has 3 rings (SSSR count). The Kier molecular flexibility index (Phi) is 2.13. The van der Waals surface area contributed by atoms with Crippen LogP contribution in [-0.2, 0) is 4.79 Å². The molecule has 0 bridgehead atoms. The van der Waals surface area contributed by atoms with Crippen LogP contribution in [0.15, 0.2) is 24.4 Å². The van der Waals surface area contributed by atoms with Gasteiger partial charge in [0.2, 0.25) is 5.91 Å². The molecule has 1 N–H and O–H groups in total. The SMILES string of the molecule is O=C1CC=CC2C3CCCNC3C=CN12. The summed E-state index contributed by atoms with van der Waals surface area (Å²) in [5.41, 5.74) is 0. The predicted molar refractivity (Wildman–Crippen MR) is 58.0 cm³/mol. The van der Waals surface area contributed by atoms with E-state index in [1.54, 1.807) is 0 Å². The number of carbonyl (C=O) groups is 1. The zero-order chi connectivity index (χ0) is 10.3. The summed E-state index contributed by atoms with van der Waals surface area (Å²) in [4.78, 5) is 13.6. The van der Waals surface area contributed by atoms with Gasteiger partial charge in [-0.15, -0.1) is 0 Å². The second-order valence-electron chi connectivity index (χ2n) is 4.55. The lowest BCUT2D eigenvalue weighted by Crippen LogP contribution is -2.54. The zero-order valence-electron chi connectivity index (χ0n) is 8.73. The average molecular weight is 204 g/mol. The van der Waals surface area contributed by atoms with E-state index in [0.717, 1.165) is 6.54 Å². The van der Waals surface area contributed by atoms with Crippen LogP contribution in [0.25, 0.3) is 0 Å². The van der Waals surface area contributed by atoms with Gasteiger partial charge in [0.1, 0.15) is 0 Å². The maximum absolute atomic E-state index is 11.7. The molecule has 3 nitrogen and oxygen atoms in total. The van der Waals surface area contributed by atoms with Gasteiger partial charge in [-0.05, 0) is 19.4 Å². The van der Waals surface area contributed by atoms with Crippen LogP contribution in [0.1, 0.15) is 19.3 Å². The highest BCUT2D eigenvalue weighted by atomic mass is 16.2. The van der Waals surface area contributed by atoms with Crippen molar-refractivity contribution in [2.75, 3.05) is 6.54 Å². The monoisotopic (exact) mass is 204 g/mol. The number of carbonyl (C=O) groups excluding carboxylic acids is 1. The highest BCUT2D eigenvalue weighted by Gasteiger charge is 2.37. The van der Waals surface area contributed by atoms with Gasteiger partial charge in [-0.2, -0.15) is 0 Å². The number of hydrogen-bond donors (Lipinski definition) is 1. The quantitative estimate of drug-likeness (QED) is 0.598. The van der Waals surface area contributed by atoms with E-state index >= 15 is 0 Å². The van der Waals surface area contributed by atoms with Crippen molar-refractivity contribution in [3.05, 3.63) is 24.4 Å². The molecule has 0 radical (unpaired) electrons. The molecule has 80 valence electrons. The third kappa shape index (κ3) is 1.42. The lowest BCUT2D eigenvalue weighted by molar-refractivity contribution is -0.131. The third-order valence-corrected chi connectivity index (χ3v) is 3.68. The molecule has 3 heterocycles. The van der Waals surface area contributed by atoms with E-state index in [1.807, 2.05) is 17.2 Å². The zero-order valence-corrected chi connectivity index (χ0v) is 8.73. The Morgan fingerprint density at radius 1 is 1.40 bits per heavy atom. The van der Waals surface area contributed by atoms with E-state index in [0.29, 0.717) is 24.4 Å². The molecule has 3 aliphatic heterocycles. The number of rotatable bonds is 0. The summed E-state index contributed by atoms with van der Waals surface area (Å²) in [5, 5.41) is 3.51. The predicted octanol–water partition coefficient (Wildman–Crippen LogP) is 1.04. The van der Waals surface area contributed by atoms with E-state index in [-0.39, 0.29) is 5.91 Å². The Balaban J connectivity index is 1.92. The summed E-state index contributed by atoms with van der Waals surface area (Å²) < 4.78 is 0. The average Bonchev–Trinajstić information content (AvgIpc) is 2.29. The molecule has 0 aromatic carbocycles. The molecule has 0 aliphatic carbocycles. The van der Waals surface area contributed by atoms with Crippen LogP contribution in [0.2, 0.25) is 0 Å². The number of hydrogen-bond acceptors (Lipinski definition) is 2. The molecule has 0 aromatic heterocycles. The van der Waals surface area contributed by atoms with Crippen molar-refractivity contribution in [2.24, 2.45) is 5.92 Å². The van der Waals surface area contributed by atoms with Crippen molar-refractivity contribution in [3.8, 4) is 0 Å². The molecule has 1 fully saturated rings. The Bertz CT molecular complexity index is 335. The van der Waals surface area contributed by atoms with E-state index in [2.05, 4.69) is 17.5 Å². The van der Waals surface area contributed by atoms with Gasteiger partial charge in [-0.3, -0.25) is 4.79 Å². The first-order valence-electron chi connectivity index (χ1n) is 5.76. The Morgan fingerprint density at radius 2 is 2.33 bits per heavy atom. The maximum atomic E-state index is 11.7. The fourth-order valence-corrected chi connectivity index (χ4v) is 2.92. The Hall–Kier alpha value is -1.09. The summed E-state index contributed by atoms with van der Waals surface area (Å²) in [6.45, 7) is 1.11. The first kappa shape index (κ1) is 9.16. The molecule has 0 spiro atoms. The van der Waals surface area contributed by atoms with Crippen molar-refractivity contribution in [3.63, 3.8) is 0 Å². The highest BCUT2D eigenvalue weighted by molar-refractivity contribution is 5.80. The molecule has 3 unspecified atom stereocenters. The first-order chi connectivity index (χ1) is 7.36. The normalized spacial score (nSPS) is 38.8. The van der Waals surface area contributed by atoms with Gasteiger partial charge in [-0.25, -0.2) is 0 Å². The maximum Gasteiger partial charge on any atom is 0.230 e. The second kappa shape index (κ2) is 3.49. The van der Waals surface area contributed by atoms with Crippen molar-refractivity contribution >= 4 is 5.91 Å². The topological polar surface area (TPSA) is 32.3 Å². The lowest BCUT2D eigenvalue weighted by atomic mass is 9.80. The molecule has 3 heteroatoms. The highest BCUT2D eigenvalue weighted by Crippen LogP contribution is 2.31. The van der Waals surface area contributed by atoms with Gasteiger partial charge in [0.25, 0.3) is 0 Å². The molecular weight excluding hydrogens is 188 g/mol. The minimum Gasteiger partial charge on any atom is -0.312 e. The van der Waals surface area contributed by atoms with E-state index in [1.165, 1.54) is 12.8 Å². The van der Waals surface area contributed by atoms with E-state index in [4.69, 9.17) is 0 Å². The minimum absolute atomic E-state index is 0.239. The van der Waals surface area contributed by atoms with Crippen molar-refractivity contribution in [1.82, 2.24) is 10.2 Å². The minimum atomic E-state index is 0.239. The van der Waals surface area contributed by atoms with Crippen LogP contribution in [0.4, 0.5) is 0 Å². The van der Waals surface area contributed by atoms with Crippen molar-refractivity contribution in [2.45, 2.75) is 31.3 Å². The van der Waals surface area contributed by atoms with E-state index in [9.17, 15) is 4.79 Å². The summed E-state index contributed by atoms with van der Waals surface area (Å²) in [6, 6.07) is 0.768. The molecule has 1 amide bonds. The van der Waals surface area contributed by atoms with Gasteiger partial charge in [0, 0.05) is 24.6 Å². The van der Waals surface area contributed by atoms with Crippen LogP contribution in [-0.4, -0.2) is 29.4 Å². The van der Waals surface area contributed by atoms with Crippen LogP contribution < -0.4 is 5.32 Å². The fraction of sp³-hybridized carbons (Fsp3) is 0.583. The summed E-state index contributed by atoms with van der Waals surface area (Å²) in [7, 11) is 0. The van der Waals surface area contributed by atoms with E-state index < -0.39 is 0 Å². The summed E-state index contributed by atoms with van der Waals surface area (Å²) in [5.74, 6) is 0.812. The molecule has 1 saturated heterocycles. The largest absolute Gasteiger partial charge is 0.312 e. The fourth-order valence-electron chi connectivity index (χ4n) is 2.92. The van der Waals surface area contributed by atoms with Crippen molar-refractivity contribution < 1.29 is 4.79 Å². The summed E-state index contributed by atoms with van der Waals surface area (Å²) >= 11 is 0. The van der Waals surface area contributed by atoms with Gasteiger partial charge < -0.3 is 10.2 Å². The van der Waals surface area contributed by atoms with Crippen LogP contribution in [0.5, 0.6) is 0 Å². The summed E-state index contributed by atoms with van der Waals surface area (Å²) in [6.07, 6.45) is 11.4. The molecule has 3 atom stereocenters. The molecule has 0 aromatic rings. The van der Waals surface area contributed by atoms with Crippen LogP contribution >= 0.6 is 0 Å². The second-order valence-corrected chi connectivity index (χ2v) is 4.55. The number of amides is 1. The Labute approximate surface area is 89.8 Å². The van der Waals surface area contributed by atoms with Crippen LogP contribution in [0.3, 0.4) is 0 Å². The van der Waals surface area contributed by atoms with Gasteiger partial charge in [0.15, 0.2) is 0 Å². The van der Waals surface area contributed by atoms with Gasteiger partial charge >= 0.3 is 0 Å². The molecular formula is C12H16N2O. The molecule has 0 saturated carbocycles. The third-order valence-electron chi connectivity index (χ3n) is 3.68. The van der Waals surface area contributed by atoms with Gasteiger partial charge in [0.05, 0.1) is 6.04 Å². The number of fused-ring (bicyclic) bond motifs is 3. The lowest BCUT2D eigenvalue weighted by Gasteiger charge is -2.44. The molecule has 3 aliphatic rings. The smallest absolute Gasteiger partial charge is 0.230 e. The standard InChI is InChI=1S/C12H16N2O/c15-12-5-1-4-11-9-3-2-7-13-10(9)6-8-14(11)12/h1,4,6,8-11,13H,2-3,5,7H2. The van der Waals surface area contributed by atoms with Gasteiger partial charge in [-0.1, -0.05) is 18.2 Å². The van der Waals surface area contributed by atoms with Crippen LogP contribution in [0, 0.1) is 5.92 Å².